The van der Waals surface area contributed by atoms with E-state index < -0.39 is 0 Å². The van der Waals surface area contributed by atoms with Crippen LogP contribution in [0.25, 0.3) is 0 Å². The van der Waals surface area contributed by atoms with E-state index in [-0.39, 0.29) is 23.5 Å². The fourth-order valence-corrected chi connectivity index (χ4v) is 5.08. The van der Waals surface area contributed by atoms with Crippen molar-refractivity contribution < 1.29 is 14.0 Å². The summed E-state index contributed by atoms with van der Waals surface area (Å²) in [6, 6.07) is 7.96. The zero-order chi connectivity index (χ0) is 24.9. The van der Waals surface area contributed by atoms with Crippen LogP contribution in [-0.4, -0.2) is 43.5 Å². The molecule has 1 aromatic heterocycles. The molecule has 1 saturated carbocycles. The number of pyridine rings is 1. The van der Waals surface area contributed by atoms with Crippen LogP contribution in [0.1, 0.15) is 51.1 Å². The Balaban J connectivity index is 1.33. The summed E-state index contributed by atoms with van der Waals surface area (Å²) in [4.78, 5) is 33.7. The lowest BCUT2D eigenvalue weighted by molar-refractivity contribution is -0.121. The fraction of sp³-hybridized carbons (Fsp3) is 0.519. The van der Waals surface area contributed by atoms with Crippen LogP contribution in [-0.2, 0) is 9.59 Å². The molecule has 0 atom stereocenters. The topological polar surface area (TPSA) is 77.6 Å². The third kappa shape index (κ3) is 5.92. The Morgan fingerprint density at radius 2 is 1.89 bits per heavy atom. The average Bonchev–Trinajstić information content (AvgIpc) is 2.85. The number of nitrogens with zero attached hydrogens (tertiary/aromatic N) is 3. The number of benzene rings is 1. The summed E-state index contributed by atoms with van der Waals surface area (Å²) in [6.45, 7) is 6.18. The SMILES string of the molecule is CCCCN1CC(=O)N(C)c2c1cc(NCC1CCC(C(=O)Nc3ccc(F)cc3)CC1)nc2C. The number of likely N-dealkylation sites (N-methyl/N-ethyl adjacent to an activating group) is 1. The van der Waals surface area contributed by atoms with Gasteiger partial charge in [-0.25, -0.2) is 9.37 Å². The van der Waals surface area contributed by atoms with E-state index >= 15 is 0 Å². The van der Waals surface area contributed by atoms with Crippen LogP contribution in [0.2, 0.25) is 0 Å². The summed E-state index contributed by atoms with van der Waals surface area (Å²) in [7, 11) is 1.82. The highest BCUT2D eigenvalue weighted by Gasteiger charge is 2.30. The smallest absolute Gasteiger partial charge is 0.246 e. The maximum Gasteiger partial charge on any atom is 0.246 e. The summed E-state index contributed by atoms with van der Waals surface area (Å²) in [5.41, 5.74) is 3.45. The van der Waals surface area contributed by atoms with Gasteiger partial charge in [0.25, 0.3) is 0 Å². The van der Waals surface area contributed by atoms with Gasteiger partial charge in [0.2, 0.25) is 11.8 Å². The number of nitrogens with one attached hydrogen (secondary N) is 2. The van der Waals surface area contributed by atoms with Crippen LogP contribution in [0.3, 0.4) is 0 Å². The Bertz CT molecular complexity index is 1050. The van der Waals surface area contributed by atoms with Crippen molar-refractivity contribution in [3.63, 3.8) is 0 Å². The highest BCUT2D eigenvalue weighted by molar-refractivity contribution is 6.03. The van der Waals surface area contributed by atoms with Crippen molar-refractivity contribution in [1.29, 1.82) is 0 Å². The lowest BCUT2D eigenvalue weighted by Crippen LogP contribution is -2.44. The van der Waals surface area contributed by atoms with Crippen molar-refractivity contribution >= 4 is 34.7 Å². The first-order chi connectivity index (χ1) is 16.9. The zero-order valence-corrected chi connectivity index (χ0v) is 20.9. The number of aromatic nitrogens is 1. The second kappa shape index (κ2) is 11.1. The maximum absolute atomic E-state index is 13.1. The van der Waals surface area contributed by atoms with Gasteiger partial charge in [-0.15, -0.1) is 0 Å². The minimum atomic E-state index is -0.311. The van der Waals surface area contributed by atoms with E-state index in [9.17, 15) is 14.0 Å². The lowest BCUT2D eigenvalue weighted by Gasteiger charge is -2.36. The number of halogens is 1. The molecule has 8 heteroatoms. The summed E-state index contributed by atoms with van der Waals surface area (Å²) in [5, 5.41) is 6.43. The van der Waals surface area contributed by atoms with Gasteiger partial charge in [0.1, 0.15) is 11.6 Å². The normalized spacial score (nSPS) is 19.9. The first-order valence-corrected chi connectivity index (χ1v) is 12.7. The van der Waals surface area contributed by atoms with Crippen LogP contribution in [0, 0.1) is 24.6 Å². The molecule has 2 aliphatic rings. The number of anilines is 4. The third-order valence-corrected chi connectivity index (χ3v) is 7.21. The van der Waals surface area contributed by atoms with Crippen LogP contribution in [0.15, 0.2) is 30.3 Å². The van der Waals surface area contributed by atoms with Crippen molar-refractivity contribution in [1.82, 2.24) is 4.98 Å². The Hall–Kier alpha value is -3.16. The van der Waals surface area contributed by atoms with E-state index in [1.165, 1.54) is 12.1 Å². The number of fused-ring (bicyclic) bond motifs is 1. The van der Waals surface area contributed by atoms with E-state index in [2.05, 4.69) is 28.5 Å². The van der Waals surface area contributed by atoms with E-state index in [1.54, 1.807) is 17.0 Å². The van der Waals surface area contributed by atoms with Gasteiger partial charge in [0, 0.05) is 37.8 Å². The van der Waals surface area contributed by atoms with E-state index in [4.69, 9.17) is 4.98 Å². The van der Waals surface area contributed by atoms with Crippen LogP contribution in [0.4, 0.5) is 27.3 Å². The fourth-order valence-electron chi connectivity index (χ4n) is 5.08. The van der Waals surface area contributed by atoms with E-state index in [0.29, 0.717) is 18.2 Å². The Labute approximate surface area is 207 Å². The highest BCUT2D eigenvalue weighted by Crippen LogP contribution is 2.37. The van der Waals surface area contributed by atoms with Crippen molar-refractivity contribution in [3.8, 4) is 0 Å². The molecular weight excluding hydrogens is 445 g/mol. The number of amides is 2. The molecule has 0 spiro atoms. The van der Waals surface area contributed by atoms with Gasteiger partial charge in [-0.3, -0.25) is 9.59 Å². The molecule has 188 valence electrons. The minimum absolute atomic E-state index is 0.0133. The van der Waals surface area contributed by atoms with Crippen molar-refractivity contribution in [3.05, 3.63) is 41.8 Å². The van der Waals surface area contributed by atoms with Gasteiger partial charge in [-0.05, 0) is 69.2 Å². The molecule has 35 heavy (non-hydrogen) atoms. The quantitative estimate of drug-likeness (QED) is 0.557. The lowest BCUT2D eigenvalue weighted by atomic mass is 9.81. The van der Waals surface area contributed by atoms with Gasteiger partial charge in [-0.2, -0.15) is 0 Å². The standard InChI is InChI=1S/C27H36FN5O2/c1-4-5-14-33-17-25(34)32(3)26-18(2)30-24(15-23(26)33)29-16-19-6-8-20(9-7-19)27(35)31-22-12-10-21(28)11-13-22/h10-13,15,19-20H,4-9,14,16-17H2,1-3H3,(H,29,30)(H,31,35). The molecular formula is C27H36FN5O2. The summed E-state index contributed by atoms with van der Waals surface area (Å²) >= 11 is 0. The van der Waals surface area contributed by atoms with Crippen LogP contribution >= 0.6 is 0 Å². The molecule has 7 nitrogen and oxygen atoms in total. The molecule has 2 N–H and O–H groups in total. The first kappa shape index (κ1) is 24.9. The predicted molar refractivity (Wildman–Crippen MR) is 138 cm³/mol. The second-order valence-corrected chi connectivity index (χ2v) is 9.78. The Kier molecular flexibility index (Phi) is 7.88. The number of unbranched alkanes of at least 4 members (excludes halogenated alkanes) is 1. The molecule has 1 aliphatic heterocycles. The molecule has 0 saturated heterocycles. The minimum Gasteiger partial charge on any atom is -0.370 e. The molecule has 2 aromatic rings. The highest BCUT2D eigenvalue weighted by atomic mass is 19.1. The average molecular weight is 482 g/mol. The molecule has 2 amide bonds. The van der Waals surface area contributed by atoms with Crippen LogP contribution in [0.5, 0.6) is 0 Å². The molecule has 1 aliphatic carbocycles. The molecule has 2 heterocycles. The molecule has 1 fully saturated rings. The van der Waals surface area contributed by atoms with Gasteiger partial charge in [0.15, 0.2) is 0 Å². The van der Waals surface area contributed by atoms with Crippen LogP contribution < -0.4 is 20.4 Å². The molecule has 0 bridgehead atoms. The van der Waals surface area contributed by atoms with Gasteiger partial charge >= 0.3 is 0 Å². The maximum atomic E-state index is 13.1. The van der Waals surface area contributed by atoms with Gasteiger partial charge < -0.3 is 20.4 Å². The Morgan fingerprint density at radius 1 is 1.17 bits per heavy atom. The monoisotopic (exact) mass is 481 g/mol. The second-order valence-electron chi connectivity index (χ2n) is 9.78. The number of hydrogen-bond acceptors (Lipinski definition) is 5. The van der Waals surface area contributed by atoms with E-state index in [1.807, 2.05) is 14.0 Å². The number of carbonyl (C=O) groups is 2. The number of rotatable bonds is 8. The number of carbonyl (C=O) groups excluding carboxylic acids is 2. The molecule has 1 aromatic carbocycles. The Morgan fingerprint density at radius 3 is 2.57 bits per heavy atom. The molecule has 0 radical (unpaired) electrons. The zero-order valence-electron chi connectivity index (χ0n) is 20.9. The summed E-state index contributed by atoms with van der Waals surface area (Å²) < 4.78 is 13.1. The van der Waals surface area contributed by atoms with E-state index in [0.717, 1.165) is 74.5 Å². The summed E-state index contributed by atoms with van der Waals surface area (Å²) in [6.07, 6.45) is 5.74. The molecule has 0 unspecified atom stereocenters. The van der Waals surface area contributed by atoms with Crippen molar-refractivity contribution in [2.75, 3.05) is 47.1 Å². The number of aryl methyl sites for hydroxylation is 1. The third-order valence-electron chi connectivity index (χ3n) is 7.21. The summed E-state index contributed by atoms with van der Waals surface area (Å²) in [5.74, 6) is 1.10. The predicted octanol–water partition coefficient (Wildman–Crippen LogP) is 4.97. The first-order valence-electron chi connectivity index (χ1n) is 12.7. The van der Waals surface area contributed by atoms with Crippen molar-refractivity contribution in [2.24, 2.45) is 11.8 Å². The number of hydrogen-bond donors (Lipinski definition) is 2. The van der Waals surface area contributed by atoms with Crippen molar-refractivity contribution in [2.45, 2.75) is 52.4 Å². The largest absolute Gasteiger partial charge is 0.370 e. The van der Waals surface area contributed by atoms with Gasteiger partial charge in [-0.1, -0.05) is 13.3 Å². The van der Waals surface area contributed by atoms with Gasteiger partial charge in [0.05, 0.1) is 23.6 Å². The molecule has 4 rings (SSSR count).